The molecule has 0 N–H and O–H groups in total. The Kier molecular flexibility index (Phi) is 5.69. The molecule has 3 heterocycles. The Morgan fingerprint density at radius 2 is 1.88 bits per heavy atom. The average Bonchev–Trinajstić information content (AvgIpc) is 3.45. The molecule has 2 atom stereocenters. The van der Waals surface area contributed by atoms with Crippen LogP contribution >= 0.6 is 11.6 Å². The van der Waals surface area contributed by atoms with Crippen molar-refractivity contribution in [2.45, 2.75) is 23.3 Å². The van der Waals surface area contributed by atoms with Gasteiger partial charge in [0.1, 0.15) is 6.33 Å². The van der Waals surface area contributed by atoms with Crippen molar-refractivity contribution in [1.29, 1.82) is 0 Å². The Hall–Kier alpha value is -2.78. The normalized spacial score (nSPS) is 19.8. The lowest BCUT2D eigenvalue weighted by Crippen LogP contribution is -2.53. The predicted octanol–water partition coefficient (Wildman–Crippen LogP) is 3.20. The molecule has 32 heavy (non-hydrogen) atoms. The summed E-state index contributed by atoms with van der Waals surface area (Å²) in [7, 11) is -1.13. The van der Waals surface area contributed by atoms with E-state index < -0.39 is 10.8 Å². The third-order valence-corrected chi connectivity index (χ3v) is 7.46. The third-order valence-electron chi connectivity index (χ3n) is 6.27. The first kappa shape index (κ1) is 21.1. The van der Waals surface area contributed by atoms with Gasteiger partial charge < -0.3 is 9.80 Å². The zero-order chi connectivity index (χ0) is 22.2. The molecule has 0 spiro atoms. The fourth-order valence-corrected chi connectivity index (χ4v) is 5.45. The molecule has 2 aromatic carbocycles. The molecule has 1 aromatic heterocycles. The number of urea groups is 1. The number of hydrogen-bond acceptors (Lipinski definition) is 5. The van der Waals surface area contributed by atoms with E-state index in [9.17, 15) is 9.00 Å². The Morgan fingerprint density at radius 1 is 1.09 bits per heavy atom. The number of carbonyl (C=O) groups excluding carboxylic acids is 1. The Balaban J connectivity index is 1.21. The van der Waals surface area contributed by atoms with Gasteiger partial charge in [0.25, 0.3) is 0 Å². The highest BCUT2D eigenvalue weighted by Crippen LogP contribution is 2.33. The van der Waals surface area contributed by atoms with Gasteiger partial charge >= 0.3 is 6.03 Å². The monoisotopic (exact) mass is 470 g/mol. The van der Waals surface area contributed by atoms with Crippen molar-refractivity contribution in [1.82, 2.24) is 30.0 Å². The topological polar surface area (TPSA) is 84.2 Å². The van der Waals surface area contributed by atoms with E-state index >= 15 is 0 Å². The minimum Gasteiger partial charge on any atom is -0.323 e. The van der Waals surface area contributed by atoms with Crippen LogP contribution in [-0.2, 0) is 10.8 Å². The summed E-state index contributed by atoms with van der Waals surface area (Å²) in [5.74, 6) is 0.330. The first-order valence-electron chi connectivity index (χ1n) is 10.5. The minimum absolute atomic E-state index is 0.0877. The zero-order valence-corrected chi connectivity index (χ0v) is 19.2. The number of aromatic nitrogens is 4. The molecule has 0 aliphatic carbocycles. The van der Waals surface area contributed by atoms with Crippen LogP contribution in [0.4, 0.5) is 4.79 Å². The molecule has 2 unspecified atom stereocenters. The van der Waals surface area contributed by atoms with Crippen LogP contribution < -0.4 is 0 Å². The van der Waals surface area contributed by atoms with Gasteiger partial charge in [-0.2, -0.15) is 0 Å². The number of likely N-dealkylation sites (tertiary alicyclic amines) is 2. The van der Waals surface area contributed by atoms with Crippen molar-refractivity contribution in [3.63, 3.8) is 0 Å². The number of carbonyl (C=O) groups is 1. The first-order chi connectivity index (χ1) is 15.5. The summed E-state index contributed by atoms with van der Waals surface area (Å²) in [5.41, 5.74) is 3.14. The molecular weight excluding hydrogens is 448 g/mol. The van der Waals surface area contributed by atoms with Crippen molar-refractivity contribution < 1.29 is 9.00 Å². The average molecular weight is 471 g/mol. The largest absolute Gasteiger partial charge is 0.323 e. The van der Waals surface area contributed by atoms with Crippen molar-refractivity contribution in [2.24, 2.45) is 0 Å². The number of tetrazole rings is 1. The van der Waals surface area contributed by atoms with Gasteiger partial charge in [0.05, 0.1) is 16.8 Å². The molecule has 166 valence electrons. The fourth-order valence-electron chi connectivity index (χ4n) is 4.42. The van der Waals surface area contributed by atoms with Crippen molar-refractivity contribution >= 4 is 28.4 Å². The SMILES string of the molecule is CS(=O)c1cc(Cl)ccc1-c1ccc(C2CN(C(=O)N3CCC(n4cnnn4)C3)C2)cc1. The molecule has 2 aliphatic heterocycles. The van der Waals surface area contributed by atoms with Crippen LogP contribution in [0.5, 0.6) is 0 Å². The van der Waals surface area contributed by atoms with Crippen LogP contribution in [0, 0.1) is 0 Å². The molecule has 3 aromatic rings. The van der Waals surface area contributed by atoms with E-state index in [0.29, 0.717) is 17.5 Å². The Bertz CT molecular complexity index is 1150. The molecule has 0 bridgehead atoms. The molecule has 2 saturated heterocycles. The van der Waals surface area contributed by atoms with Crippen LogP contribution in [0.15, 0.2) is 53.7 Å². The fraction of sp³-hybridized carbons (Fsp3) is 0.364. The molecule has 5 rings (SSSR count). The van der Waals surface area contributed by atoms with Crippen LogP contribution in [0.3, 0.4) is 0 Å². The molecule has 0 saturated carbocycles. The van der Waals surface area contributed by atoms with Gasteiger partial charge in [0, 0.05) is 48.3 Å². The molecule has 2 amide bonds. The highest BCUT2D eigenvalue weighted by molar-refractivity contribution is 7.84. The molecule has 2 aliphatic rings. The summed E-state index contributed by atoms with van der Waals surface area (Å²) in [6.45, 7) is 2.80. The maximum atomic E-state index is 12.8. The summed E-state index contributed by atoms with van der Waals surface area (Å²) < 4.78 is 13.8. The standard InChI is InChI=1S/C22H23ClN6O2S/c1-32(31)21-10-18(23)6-7-20(21)16-4-2-15(3-5-16)17-11-28(12-17)22(30)27-9-8-19(13-27)29-14-24-25-26-29/h2-7,10,14,17,19H,8-9,11-13H2,1H3. The third kappa shape index (κ3) is 4.02. The van der Waals surface area contributed by atoms with Gasteiger partial charge in [0.15, 0.2) is 0 Å². The van der Waals surface area contributed by atoms with Crippen molar-refractivity contribution in [2.75, 3.05) is 32.4 Å². The maximum Gasteiger partial charge on any atom is 0.320 e. The van der Waals surface area contributed by atoms with E-state index in [1.807, 2.05) is 21.9 Å². The lowest BCUT2D eigenvalue weighted by Gasteiger charge is -2.41. The highest BCUT2D eigenvalue weighted by atomic mass is 35.5. The van der Waals surface area contributed by atoms with E-state index in [0.717, 1.165) is 42.1 Å². The van der Waals surface area contributed by atoms with Crippen LogP contribution in [0.25, 0.3) is 11.1 Å². The van der Waals surface area contributed by atoms with Crippen LogP contribution in [0.1, 0.15) is 23.9 Å². The van der Waals surface area contributed by atoms with E-state index in [-0.39, 0.29) is 12.1 Å². The summed E-state index contributed by atoms with van der Waals surface area (Å²) >= 11 is 6.08. The van der Waals surface area contributed by atoms with Crippen molar-refractivity contribution in [3.8, 4) is 11.1 Å². The number of amides is 2. The number of nitrogens with zero attached hydrogens (tertiary/aromatic N) is 6. The number of benzene rings is 2. The second kappa shape index (κ2) is 8.63. The van der Waals surface area contributed by atoms with Gasteiger partial charge in [-0.3, -0.25) is 4.21 Å². The second-order valence-corrected chi connectivity index (χ2v) is 10.1. The quantitative estimate of drug-likeness (QED) is 0.584. The summed E-state index contributed by atoms with van der Waals surface area (Å²) in [4.78, 5) is 17.4. The van der Waals surface area contributed by atoms with Gasteiger partial charge in [-0.25, -0.2) is 9.48 Å². The smallest absolute Gasteiger partial charge is 0.320 e. The van der Waals surface area contributed by atoms with Gasteiger partial charge in [0.2, 0.25) is 0 Å². The molecule has 2 fully saturated rings. The Morgan fingerprint density at radius 3 is 2.56 bits per heavy atom. The summed E-state index contributed by atoms with van der Waals surface area (Å²) in [6.07, 6.45) is 4.13. The summed E-state index contributed by atoms with van der Waals surface area (Å²) in [5, 5.41) is 11.9. The highest BCUT2D eigenvalue weighted by Gasteiger charge is 2.37. The minimum atomic E-state index is -1.13. The molecule has 0 radical (unpaired) electrons. The zero-order valence-electron chi connectivity index (χ0n) is 17.6. The molecular formula is C22H23ClN6O2S. The first-order valence-corrected chi connectivity index (χ1v) is 12.4. The van der Waals surface area contributed by atoms with Crippen LogP contribution in [0.2, 0.25) is 5.02 Å². The van der Waals surface area contributed by atoms with E-state index in [1.165, 1.54) is 5.56 Å². The van der Waals surface area contributed by atoms with Gasteiger partial charge in [-0.1, -0.05) is 41.9 Å². The van der Waals surface area contributed by atoms with Crippen molar-refractivity contribution in [3.05, 3.63) is 59.4 Å². The van der Waals surface area contributed by atoms with Crippen LogP contribution in [-0.4, -0.2) is 72.7 Å². The molecule has 8 nitrogen and oxygen atoms in total. The van der Waals surface area contributed by atoms with Gasteiger partial charge in [-0.15, -0.1) is 5.10 Å². The van der Waals surface area contributed by atoms with E-state index in [1.54, 1.807) is 23.3 Å². The lowest BCUT2D eigenvalue weighted by molar-refractivity contribution is 0.120. The predicted molar refractivity (Wildman–Crippen MR) is 122 cm³/mol. The second-order valence-electron chi connectivity index (χ2n) is 8.28. The number of rotatable bonds is 4. The maximum absolute atomic E-state index is 12.8. The summed E-state index contributed by atoms with van der Waals surface area (Å²) in [6, 6.07) is 14.0. The molecule has 10 heteroatoms. The lowest BCUT2D eigenvalue weighted by atomic mass is 9.90. The number of halogens is 1. The number of hydrogen-bond donors (Lipinski definition) is 0. The van der Waals surface area contributed by atoms with E-state index in [4.69, 9.17) is 11.6 Å². The van der Waals surface area contributed by atoms with E-state index in [2.05, 4.69) is 39.8 Å². The van der Waals surface area contributed by atoms with Gasteiger partial charge in [-0.05, 0) is 45.7 Å². The Labute approximate surface area is 193 Å².